The topological polar surface area (TPSA) is 98.8 Å². The van der Waals surface area contributed by atoms with E-state index in [1.807, 2.05) is 79.1 Å². The number of nitrogens with one attached hydrogen (secondary N) is 1. The van der Waals surface area contributed by atoms with Crippen molar-refractivity contribution in [2.24, 2.45) is 5.10 Å². The molecule has 0 bridgehead atoms. The normalized spacial score (nSPS) is 10.9. The number of benzene rings is 3. The fourth-order valence-corrected chi connectivity index (χ4v) is 3.79. The van der Waals surface area contributed by atoms with Crippen molar-refractivity contribution in [2.75, 3.05) is 6.61 Å². The summed E-state index contributed by atoms with van der Waals surface area (Å²) in [5.74, 6) is 0.199. The summed E-state index contributed by atoms with van der Waals surface area (Å²) in [7, 11) is 0. The molecule has 0 aliphatic heterocycles. The molecule has 8 heteroatoms. The third-order valence-corrected chi connectivity index (χ3v) is 5.49. The quantitative estimate of drug-likeness (QED) is 0.218. The van der Waals surface area contributed by atoms with Gasteiger partial charge in [-0.05, 0) is 49.2 Å². The Hall–Kier alpha value is -4.72. The number of hydrogen-bond acceptors (Lipinski definition) is 5. The van der Waals surface area contributed by atoms with Crippen molar-refractivity contribution in [3.05, 3.63) is 112 Å². The molecule has 1 heterocycles. The minimum Gasteiger partial charge on any atom is -0.484 e. The Balaban J connectivity index is 1.35. The molecule has 1 N–H and O–H groups in total. The first kappa shape index (κ1) is 23.4. The Morgan fingerprint density at radius 3 is 2.43 bits per heavy atom. The predicted octanol–water partition coefficient (Wildman–Crippen LogP) is 5.20. The van der Waals surface area contributed by atoms with Crippen LogP contribution < -0.4 is 10.2 Å². The van der Waals surface area contributed by atoms with Crippen LogP contribution in [0.4, 0.5) is 5.69 Å². The summed E-state index contributed by atoms with van der Waals surface area (Å²) in [6, 6.07) is 25.8. The molecule has 0 radical (unpaired) electrons. The van der Waals surface area contributed by atoms with E-state index in [-0.39, 0.29) is 18.2 Å². The van der Waals surface area contributed by atoms with Crippen molar-refractivity contribution in [1.29, 1.82) is 0 Å². The minimum absolute atomic E-state index is 0.0205. The van der Waals surface area contributed by atoms with Gasteiger partial charge in [-0.15, -0.1) is 0 Å². The minimum atomic E-state index is -0.421. The smallest absolute Gasteiger partial charge is 0.277 e. The summed E-state index contributed by atoms with van der Waals surface area (Å²) in [6.07, 6.45) is 1.54. The van der Waals surface area contributed by atoms with Gasteiger partial charge in [0.25, 0.3) is 11.6 Å². The van der Waals surface area contributed by atoms with E-state index in [9.17, 15) is 14.9 Å². The number of hydrazone groups is 1. The van der Waals surface area contributed by atoms with Gasteiger partial charge < -0.3 is 9.30 Å². The average Bonchev–Trinajstić information content (AvgIpc) is 3.16. The second-order valence-corrected chi connectivity index (χ2v) is 7.91. The highest BCUT2D eigenvalue weighted by atomic mass is 16.6. The number of rotatable bonds is 8. The number of aryl methyl sites for hydroxylation is 1. The molecule has 8 nitrogen and oxygen atoms in total. The lowest BCUT2D eigenvalue weighted by atomic mass is 10.1. The van der Waals surface area contributed by atoms with E-state index in [0.717, 1.165) is 28.1 Å². The van der Waals surface area contributed by atoms with E-state index in [2.05, 4.69) is 10.5 Å². The standard InChI is InChI=1S/C27H24N4O4/c1-19-15-23(20(2)30(19)24-9-6-10-25(16-24)31(33)34)17-28-29-27(32)18-35-26-13-11-22(12-14-26)21-7-4-3-5-8-21/h3-17H,18H2,1-2H3,(H,29,32)/b28-17+. The predicted molar refractivity (Wildman–Crippen MR) is 135 cm³/mol. The highest BCUT2D eigenvalue weighted by Crippen LogP contribution is 2.23. The van der Waals surface area contributed by atoms with E-state index in [4.69, 9.17) is 4.74 Å². The molecule has 0 aliphatic rings. The van der Waals surface area contributed by atoms with Crippen molar-refractivity contribution < 1.29 is 14.5 Å². The lowest BCUT2D eigenvalue weighted by Gasteiger charge is -2.09. The van der Waals surface area contributed by atoms with Gasteiger partial charge in [0.05, 0.1) is 16.8 Å². The third kappa shape index (κ3) is 5.62. The van der Waals surface area contributed by atoms with Crippen LogP contribution >= 0.6 is 0 Å². The molecule has 0 spiro atoms. The van der Waals surface area contributed by atoms with E-state index >= 15 is 0 Å². The van der Waals surface area contributed by atoms with E-state index < -0.39 is 4.92 Å². The second-order valence-electron chi connectivity index (χ2n) is 7.91. The molecule has 35 heavy (non-hydrogen) atoms. The summed E-state index contributed by atoms with van der Waals surface area (Å²) in [5.41, 5.74) is 7.86. The molecule has 0 aliphatic carbocycles. The van der Waals surface area contributed by atoms with Crippen LogP contribution in [0.15, 0.2) is 90.0 Å². The zero-order chi connectivity index (χ0) is 24.8. The summed E-state index contributed by atoms with van der Waals surface area (Å²) in [5, 5.41) is 15.1. The zero-order valence-electron chi connectivity index (χ0n) is 19.3. The largest absolute Gasteiger partial charge is 0.484 e. The Morgan fingerprint density at radius 1 is 1.00 bits per heavy atom. The molecule has 176 valence electrons. The maximum atomic E-state index is 12.2. The van der Waals surface area contributed by atoms with Gasteiger partial charge >= 0.3 is 0 Å². The van der Waals surface area contributed by atoms with Crippen molar-refractivity contribution in [1.82, 2.24) is 9.99 Å². The summed E-state index contributed by atoms with van der Waals surface area (Å²) in [4.78, 5) is 22.8. The van der Waals surface area contributed by atoms with Crippen molar-refractivity contribution in [3.63, 3.8) is 0 Å². The van der Waals surface area contributed by atoms with E-state index in [1.54, 1.807) is 18.3 Å². The molecular weight excluding hydrogens is 444 g/mol. The zero-order valence-corrected chi connectivity index (χ0v) is 19.3. The lowest BCUT2D eigenvalue weighted by Crippen LogP contribution is -2.24. The van der Waals surface area contributed by atoms with Gasteiger partial charge in [-0.3, -0.25) is 14.9 Å². The molecule has 1 aromatic heterocycles. The van der Waals surface area contributed by atoms with Crippen LogP contribution in [-0.4, -0.2) is 28.2 Å². The van der Waals surface area contributed by atoms with Gasteiger partial charge in [0.15, 0.2) is 6.61 Å². The highest BCUT2D eigenvalue weighted by Gasteiger charge is 2.13. The number of non-ortho nitro benzene ring substituents is 1. The Bertz CT molecular complexity index is 1380. The number of hydrogen-bond donors (Lipinski definition) is 1. The van der Waals surface area contributed by atoms with Crippen LogP contribution in [0.2, 0.25) is 0 Å². The Labute approximate surface area is 202 Å². The second kappa shape index (κ2) is 10.5. The van der Waals surface area contributed by atoms with Gasteiger partial charge in [-0.25, -0.2) is 5.43 Å². The summed E-state index contributed by atoms with van der Waals surface area (Å²) in [6.45, 7) is 3.62. The number of nitrogens with zero attached hydrogens (tertiary/aromatic N) is 3. The first-order valence-corrected chi connectivity index (χ1v) is 11.0. The number of nitro benzene ring substituents is 1. The first-order valence-electron chi connectivity index (χ1n) is 11.0. The average molecular weight is 469 g/mol. The van der Waals surface area contributed by atoms with Crippen LogP contribution in [-0.2, 0) is 4.79 Å². The van der Waals surface area contributed by atoms with Crippen LogP contribution in [0.1, 0.15) is 17.0 Å². The van der Waals surface area contributed by atoms with Crippen molar-refractivity contribution in [2.45, 2.75) is 13.8 Å². The Kier molecular flexibility index (Phi) is 7.02. The fraction of sp³-hybridized carbons (Fsp3) is 0.111. The molecule has 1 amide bonds. The van der Waals surface area contributed by atoms with Gasteiger partial charge in [0, 0.05) is 29.1 Å². The number of aromatic nitrogens is 1. The number of carbonyl (C=O) groups excluding carboxylic acids is 1. The lowest BCUT2D eigenvalue weighted by molar-refractivity contribution is -0.384. The number of nitro groups is 1. The molecule has 0 fully saturated rings. The molecular formula is C27H24N4O4. The van der Waals surface area contributed by atoms with Gasteiger partial charge in [-0.2, -0.15) is 5.10 Å². The van der Waals surface area contributed by atoms with Gasteiger partial charge in [0.2, 0.25) is 0 Å². The Morgan fingerprint density at radius 2 is 1.71 bits per heavy atom. The first-order chi connectivity index (χ1) is 16.9. The monoisotopic (exact) mass is 468 g/mol. The maximum absolute atomic E-state index is 12.2. The molecule has 0 saturated carbocycles. The summed E-state index contributed by atoms with van der Waals surface area (Å²) < 4.78 is 7.45. The van der Waals surface area contributed by atoms with Gasteiger partial charge in [0.1, 0.15) is 5.75 Å². The fourth-order valence-electron chi connectivity index (χ4n) is 3.79. The molecule has 3 aromatic carbocycles. The number of ether oxygens (including phenoxy) is 1. The van der Waals surface area contributed by atoms with E-state index in [1.165, 1.54) is 12.1 Å². The molecule has 4 aromatic rings. The molecule has 0 unspecified atom stereocenters. The molecule has 0 atom stereocenters. The maximum Gasteiger partial charge on any atom is 0.277 e. The van der Waals surface area contributed by atoms with Crippen LogP contribution in [0, 0.1) is 24.0 Å². The van der Waals surface area contributed by atoms with Crippen LogP contribution in [0.5, 0.6) is 5.75 Å². The van der Waals surface area contributed by atoms with Crippen LogP contribution in [0.25, 0.3) is 16.8 Å². The van der Waals surface area contributed by atoms with Gasteiger partial charge in [-0.1, -0.05) is 48.5 Å². The van der Waals surface area contributed by atoms with Crippen molar-refractivity contribution in [3.8, 4) is 22.6 Å². The van der Waals surface area contributed by atoms with E-state index in [0.29, 0.717) is 11.4 Å². The number of carbonyl (C=O) groups is 1. The van der Waals surface area contributed by atoms with Crippen molar-refractivity contribution >= 4 is 17.8 Å². The van der Waals surface area contributed by atoms with Crippen LogP contribution in [0.3, 0.4) is 0 Å². The third-order valence-electron chi connectivity index (χ3n) is 5.49. The molecule has 4 rings (SSSR count). The summed E-state index contributed by atoms with van der Waals surface area (Å²) >= 11 is 0. The number of amides is 1. The SMILES string of the molecule is Cc1cc(/C=N/NC(=O)COc2ccc(-c3ccccc3)cc2)c(C)n1-c1cccc([N+](=O)[O-])c1. The molecule has 0 saturated heterocycles. The highest BCUT2D eigenvalue weighted by molar-refractivity contribution is 5.84.